The van der Waals surface area contributed by atoms with Crippen molar-refractivity contribution in [2.24, 2.45) is 5.73 Å². The molecule has 3 N–H and O–H groups in total. The number of hydrogen-bond donors (Lipinski definition) is 2. The van der Waals surface area contributed by atoms with Crippen LogP contribution in [-0.2, 0) is 0 Å². The molecule has 0 aliphatic rings. The summed E-state index contributed by atoms with van der Waals surface area (Å²) in [5.74, 6) is 0.447. The molecule has 0 bridgehead atoms. The minimum Gasteiger partial charge on any atom is -0.382 e. The van der Waals surface area contributed by atoms with Crippen molar-refractivity contribution in [3.05, 3.63) is 52.8 Å². The lowest BCUT2D eigenvalue weighted by Gasteiger charge is -2.25. The van der Waals surface area contributed by atoms with Crippen LogP contribution in [-0.4, -0.2) is 22.9 Å². The van der Waals surface area contributed by atoms with E-state index in [0.717, 1.165) is 5.56 Å². The molecule has 2 aromatic rings. The Bertz CT molecular complexity index is 628. The summed E-state index contributed by atoms with van der Waals surface area (Å²) in [7, 11) is 1.89. The van der Waals surface area contributed by atoms with Gasteiger partial charge in [-0.1, -0.05) is 23.7 Å². The number of hydrogen-bond acceptors (Lipinski definition) is 4. The smallest absolute Gasteiger partial charge is 0.226 e. The Kier molecular flexibility index (Phi) is 4.20. The molecule has 0 spiro atoms. The number of nitrogens with two attached hydrogens (primary N) is 1. The van der Waals surface area contributed by atoms with Crippen LogP contribution >= 0.6 is 11.6 Å². The van der Waals surface area contributed by atoms with E-state index in [1.54, 1.807) is 12.3 Å². The van der Waals surface area contributed by atoms with E-state index in [4.69, 9.17) is 22.7 Å². The highest BCUT2D eigenvalue weighted by Gasteiger charge is 2.15. The monoisotopic (exact) mass is 289 g/mol. The molecule has 1 unspecified atom stereocenters. The lowest BCUT2D eigenvalue weighted by atomic mass is 10.1. The van der Waals surface area contributed by atoms with Crippen LogP contribution in [0.1, 0.15) is 24.2 Å². The maximum Gasteiger partial charge on any atom is 0.226 e. The van der Waals surface area contributed by atoms with Gasteiger partial charge < -0.3 is 10.6 Å². The van der Waals surface area contributed by atoms with Gasteiger partial charge >= 0.3 is 0 Å². The third-order valence-corrected chi connectivity index (χ3v) is 3.38. The van der Waals surface area contributed by atoms with Gasteiger partial charge in [0.05, 0.1) is 6.04 Å². The molecule has 0 aliphatic heterocycles. The molecular formula is C14H16ClN5. The van der Waals surface area contributed by atoms with Gasteiger partial charge in [-0.05, 0) is 30.7 Å². The van der Waals surface area contributed by atoms with E-state index in [1.165, 1.54) is 0 Å². The molecule has 0 aliphatic carbocycles. The summed E-state index contributed by atoms with van der Waals surface area (Å²) in [4.78, 5) is 10.4. The largest absolute Gasteiger partial charge is 0.382 e. The lowest BCUT2D eigenvalue weighted by Crippen LogP contribution is -2.25. The molecule has 0 amide bonds. The summed E-state index contributed by atoms with van der Waals surface area (Å²) < 4.78 is 0. The predicted octanol–water partition coefficient (Wildman–Crippen LogP) is 2.61. The number of anilines is 1. The minimum atomic E-state index is -0.0718. The van der Waals surface area contributed by atoms with Crippen LogP contribution in [0.15, 0.2) is 36.5 Å². The number of nitrogens with zero attached hydrogens (tertiary/aromatic N) is 3. The summed E-state index contributed by atoms with van der Waals surface area (Å²) in [6.07, 6.45) is 1.60. The Morgan fingerprint density at radius 2 is 2.15 bits per heavy atom. The number of amidine groups is 1. The van der Waals surface area contributed by atoms with Crippen LogP contribution < -0.4 is 10.6 Å². The Morgan fingerprint density at radius 3 is 2.80 bits per heavy atom. The van der Waals surface area contributed by atoms with Gasteiger partial charge in [-0.3, -0.25) is 5.41 Å². The van der Waals surface area contributed by atoms with Crippen molar-refractivity contribution < 1.29 is 0 Å². The highest BCUT2D eigenvalue weighted by molar-refractivity contribution is 6.30. The zero-order valence-corrected chi connectivity index (χ0v) is 12.1. The fourth-order valence-electron chi connectivity index (χ4n) is 1.83. The summed E-state index contributed by atoms with van der Waals surface area (Å²) in [5.41, 5.74) is 6.93. The Morgan fingerprint density at radius 1 is 1.40 bits per heavy atom. The molecule has 0 saturated heterocycles. The van der Waals surface area contributed by atoms with Gasteiger partial charge in [0, 0.05) is 18.3 Å². The van der Waals surface area contributed by atoms with Gasteiger partial charge in [-0.25, -0.2) is 9.97 Å². The number of aromatic nitrogens is 2. The van der Waals surface area contributed by atoms with Gasteiger partial charge in [0.25, 0.3) is 0 Å². The van der Waals surface area contributed by atoms with Crippen LogP contribution in [0.5, 0.6) is 0 Å². The molecule has 2 rings (SSSR count). The fraction of sp³-hybridized carbons (Fsp3) is 0.214. The van der Waals surface area contributed by atoms with Gasteiger partial charge in [0.2, 0.25) is 5.95 Å². The highest BCUT2D eigenvalue weighted by atomic mass is 35.5. The van der Waals surface area contributed by atoms with Crippen molar-refractivity contribution >= 4 is 23.4 Å². The van der Waals surface area contributed by atoms with Gasteiger partial charge in [-0.2, -0.15) is 0 Å². The van der Waals surface area contributed by atoms with Crippen LogP contribution in [0, 0.1) is 5.41 Å². The molecule has 6 heteroatoms. The van der Waals surface area contributed by atoms with E-state index < -0.39 is 0 Å². The third-order valence-electron chi connectivity index (χ3n) is 3.15. The first-order valence-electron chi connectivity index (χ1n) is 6.15. The third kappa shape index (κ3) is 3.05. The summed E-state index contributed by atoms with van der Waals surface area (Å²) in [5, 5.41) is 8.12. The quantitative estimate of drug-likeness (QED) is 0.670. The molecule has 1 heterocycles. The topological polar surface area (TPSA) is 78.9 Å². The first-order valence-corrected chi connectivity index (χ1v) is 6.52. The van der Waals surface area contributed by atoms with Crippen molar-refractivity contribution in [3.8, 4) is 0 Å². The van der Waals surface area contributed by atoms with Crippen molar-refractivity contribution in [2.75, 3.05) is 11.9 Å². The van der Waals surface area contributed by atoms with Crippen LogP contribution in [0.25, 0.3) is 0 Å². The van der Waals surface area contributed by atoms with E-state index in [1.807, 2.05) is 43.1 Å². The fourth-order valence-corrected chi connectivity index (χ4v) is 2.03. The van der Waals surface area contributed by atoms with Crippen LogP contribution in [0.4, 0.5) is 5.95 Å². The number of benzene rings is 1. The maximum absolute atomic E-state index is 7.42. The minimum absolute atomic E-state index is 0.0518. The van der Waals surface area contributed by atoms with Crippen molar-refractivity contribution in [2.45, 2.75) is 13.0 Å². The second-order valence-corrected chi connectivity index (χ2v) is 4.93. The molecule has 1 atom stereocenters. The molecule has 1 aromatic carbocycles. The average Bonchev–Trinajstić information content (AvgIpc) is 2.45. The van der Waals surface area contributed by atoms with Crippen LogP contribution in [0.2, 0.25) is 5.02 Å². The molecular weight excluding hydrogens is 274 g/mol. The first kappa shape index (κ1) is 14.3. The van der Waals surface area contributed by atoms with Crippen molar-refractivity contribution in [1.29, 1.82) is 5.41 Å². The van der Waals surface area contributed by atoms with E-state index in [0.29, 0.717) is 16.7 Å². The SMILES string of the molecule is CC(c1cccc(Cl)c1)N(C)c1nccc(C(=N)N)n1. The molecule has 0 fully saturated rings. The normalized spacial score (nSPS) is 11.9. The number of halogens is 1. The second-order valence-electron chi connectivity index (χ2n) is 4.50. The molecule has 1 aromatic heterocycles. The van der Waals surface area contributed by atoms with Gasteiger partial charge in [-0.15, -0.1) is 0 Å². The van der Waals surface area contributed by atoms with Crippen molar-refractivity contribution in [1.82, 2.24) is 9.97 Å². The van der Waals surface area contributed by atoms with E-state index in [9.17, 15) is 0 Å². The second kappa shape index (κ2) is 5.88. The van der Waals surface area contributed by atoms with E-state index in [-0.39, 0.29) is 11.9 Å². The Balaban J connectivity index is 2.28. The number of nitrogen functional groups attached to an aromatic ring is 1. The predicted molar refractivity (Wildman–Crippen MR) is 81.3 cm³/mol. The molecule has 0 radical (unpaired) electrons. The first-order chi connectivity index (χ1) is 9.49. The van der Waals surface area contributed by atoms with E-state index in [2.05, 4.69) is 9.97 Å². The molecule has 5 nitrogen and oxygen atoms in total. The summed E-state index contributed by atoms with van der Waals surface area (Å²) in [6, 6.07) is 9.33. The number of rotatable bonds is 4. The molecule has 104 valence electrons. The summed E-state index contributed by atoms with van der Waals surface area (Å²) >= 11 is 6.01. The van der Waals surface area contributed by atoms with Crippen LogP contribution in [0.3, 0.4) is 0 Å². The molecule has 0 saturated carbocycles. The van der Waals surface area contributed by atoms with E-state index >= 15 is 0 Å². The Labute approximate surface area is 122 Å². The summed E-state index contributed by atoms with van der Waals surface area (Å²) in [6.45, 7) is 2.04. The zero-order chi connectivity index (χ0) is 14.7. The average molecular weight is 290 g/mol. The standard InChI is InChI=1S/C14H16ClN5/c1-9(10-4-3-5-11(15)8-10)20(2)14-18-7-6-12(19-14)13(16)17/h3-9H,1-2H3,(H3,16,17). The lowest BCUT2D eigenvalue weighted by molar-refractivity contribution is 0.714. The van der Waals surface area contributed by atoms with Gasteiger partial charge in [0.1, 0.15) is 11.5 Å². The number of nitrogens with one attached hydrogen (secondary N) is 1. The van der Waals surface area contributed by atoms with Crippen molar-refractivity contribution in [3.63, 3.8) is 0 Å². The highest BCUT2D eigenvalue weighted by Crippen LogP contribution is 2.24. The maximum atomic E-state index is 7.42. The molecule has 20 heavy (non-hydrogen) atoms. The van der Waals surface area contributed by atoms with Gasteiger partial charge in [0.15, 0.2) is 0 Å². The zero-order valence-electron chi connectivity index (χ0n) is 11.3. The Hall–Kier alpha value is -2.14.